The predicted molar refractivity (Wildman–Crippen MR) is 49.5 cm³/mol. The fraction of sp³-hybridized carbons (Fsp3) is 0.571. The van der Waals surface area contributed by atoms with Crippen molar-refractivity contribution in [3.8, 4) is 0 Å². The Morgan fingerprint density at radius 1 is 1.23 bits per heavy atom. The van der Waals surface area contributed by atoms with Gasteiger partial charge in [0.2, 0.25) is 5.91 Å². The number of carbonyl (C=O) groups excluding carboxylic acids is 2. The quantitative estimate of drug-likeness (QED) is 0.568. The molecule has 0 aliphatic rings. The van der Waals surface area contributed by atoms with E-state index in [2.05, 4.69) is 14.6 Å². The molecular weight excluding hydrogens is 193 g/mol. The molecule has 2 N–H and O–H groups in total. The first-order chi connectivity index (χ1) is 6.06. The van der Waals surface area contributed by atoms with Gasteiger partial charge in [0.1, 0.15) is 0 Å². The zero-order valence-corrected chi connectivity index (χ0v) is 8.23. The van der Waals surface area contributed by atoms with Gasteiger partial charge in [-0.3, -0.25) is 14.4 Å². The summed E-state index contributed by atoms with van der Waals surface area (Å²) in [5.41, 5.74) is 0. The van der Waals surface area contributed by atoms with E-state index in [1.165, 1.54) is 0 Å². The number of hydrogen-bond acceptors (Lipinski definition) is 3. The first-order valence-corrected chi connectivity index (χ1v) is 4.58. The van der Waals surface area contributed by atoms with Gasteiger partial charge in [-0.2, -0.15) is 0 Å². The van der Waals surface area contributed by atoms with Crippen molar-refractivity contribution in [1.82, 2.24) is 5.32 Å². The smallest absolute Gasteiger partial charge is 0.303 e. The van der Waals surface area contributed by atoms with E-state index in [0.717, 1.165) is 0 Å². The van der Waals surface area contributed by atoms with Crippen LogP contribution in [0, 0.1) is 0 Å². The van der Waals surface area contributed by atoms with Crippen molar-refractivity contribution in [3.63, 3.8) is 0 Å². The average Bonchev–Trinajstić information content (AvgIpc) is 2.10. The summed E-state index contributed by atoms with van der Waals surface area (Å²) in [6.07, 6.45) is -0.000417. The number of carboxylic acids is 1. The third-order valence-electron chi connectivity index (χ3n) is 1.28. The minimum atomic E-state index is -1.02. The molecule has 0 spiro atoms. The van der Waals surface area contributed by atoms with E-state index in [1.54, 1.807) is 0 Å². The SMILES string of the molecule is O=C(O)CCC(=O)NCC(=O)CP. The number of carboxylic acid groups (broad SMARTS) is 1. The standard InChI is InChI=1S/C7H12NO4P/c9-5(4-13)3-8-6(10)1-2-7(11)12/h1-4,13H2,(H,8,10)(H,11,12). The first-order valence-electron chi connectivity index (χ1n) is 3.76. The molecule has 0 heterocycles. The highest BCUT2D eigenvalue weighted by molar-refractivity contribution is 7.18. The summed E-state index contributed by atoms with van der Waals surface area (Å²) < 4.78 is 0. The number of amides is 1. The van der Waals surface area contributed by atoms with Gasteiger partial charge in [-0.15, -0.1) is 9.24 Å². The lowest BCUT2D eigenvalue weighted by atomic mass is 10.3. The number of aliphatic carboxylic acids is 1. The molecule has 0 aliphatic carbocycles. The van der Waals surface area contributed by atoms with Crippen LogP contribution in [0.1, 0.15) is 12.8 Å². The molecule has 0 bridgehead atoms. The van der Waals surface area contributed by atoms with Gasteiger partial charge in [-0.25, -0.2) is 0 Å². The first kappa shape index (κ1) is 12.0. The van der Waals surface area contributed by atoms with Crippen LogP contribution < -0.4 is 5.32 Å². The third kappa shape index (κ3) is 7.40. The third-order valence-corrected chi connectivity index (χ3v) is 1.73. The lowest BCUT2D eigenvalue weighted by Gasteiger charge is -2.01. The van der Waals surface area contributed by atoms with Crippen LogP contribution in [0.15, 0.2) is 0 Å². The van der Waals surface area contributed by atoms with Crippen LogP contribution in [0.25, 0.3) is 0 Å². The summed E-state index contributed by atoms with van der Waals surface area (Å²) in [6, 6.07) is 0. The Hall–Kier alpha value is -0.960. The molecule has 0 rings (SSSR count). The van der Waals surface area contributed by atoms with Gasteiger partial charge in [-0.05, 0) is 0 Å². The highest BCUT2D eigenvalue weighted by atomic mass is 31.0. The maximum absolute atomic E-state index is 10.8. The van der Waals surface area contributed by atoms with Gasteiger partial charge < -0.3 is 10.4 Å². The van der Waals surface area contributed by atoms with E-state index in [9.17, 15) is 14.4 Å². The highest BCUT2D eigenvalue weighted by Gasteiger charge is 2.06. The van der Waals surface area contributed by atoms with Gasteiger partial charge in [0.25, 0.3) is 0 Å². The van der Waals surface area contributed by atoms with Crippen molar-refractivity contribution < 1.29 is 19.5 Å². The molecule has 1 amide bonds. The maximum atomic E-state index is 10.8. The predicted octanol–water partition coefficient (Wildman–Crippen LogP) is -0.588. The lowest BCUT2D eigenvalue weighted by Crippen LogP contribution is -2.30. The number of Topliss-reactive ketones (excluding diaryl/α,β-unsaturated/α-hetero) is 1. The van der Waals surface area contributed by atoms with Crippen LogP contribution in [0.3, 0.4) is 0 Å². The van der Waals surface area contributed by atoms with E-state index < -0.39 is 11.9 Å². The Morgan fingerprint density at radius 3 is 2.31 bits per heavy atom. The number of hydrogen-bond donors (Lipinski definition) is 2. The van der Waals surface area contributed by atoms with E-state index in [0.29, 0.717) is 6.16 Å². The van der Waals surface area contributed by atoms with E-state index >= 15 is 0 Å². The highest BCUT2D eigenvalue weighted by Crippen LogP contribution is 1.88. The Kier molecular flexibility index (Phi) is 6.06. The van der Waals surface area contributed by atoms with Gasteiger partial charge in [0, 0.05) is 12.6 Å². The topological polar surface area (TPSA) is 83.5 Å². The van der Waals surface area contributed by atoms with Crippen LogP contribution in [0.4, 0.5) is 0 Å². The Balaban J connectivity index is 3.52. The largest absolute Gasteiger partial charge is 0.481 e. The second kappa shape index (κ2) is 6.54. The van der Waals surface area contributed by atoms with Gasteiger partial charge in [-0.1, -0.05) is 0 Å². The molecule has 0 saturated heterocycles. The molecule has 5 nitrogen and oxygen atoms in total. The fourth-order valence-electron chi connectivity index (χ4n) is 0.578. The van der Waals surface area contributed by atoms with Crippen LogP contribution in [0.2, 0.25) is 0 Å². The van der Waals surface area contributed by atoms with Crippen molar-refractivity contribution in [1.29, 1.82) is 0 Å². The molecule has 74 valence electrons. The second-order valence-corrected chi connectivity index (χ2v) is 2.82. The van der Waals surface area contributed by atoms with Gasteiger partial charge in [0.15, 0.2) is 5.78 Å². The molecule has 0 aliphatic heterocycles. The van der Waals surface area contributed by atoms with Crippen LogP contribution in [-0.4, -0.2) is 35.5 Å². The average molecular weight is 205 g/mol. The summed E-state index contributed by atoms with van der Waals surface area (Å²) in [5, 5.41) is 10.6. The molecule has 0 aromatic carbocycles. The van der Waals surface area contributed by atoms with Crippen molar-refractivity contribution in [2.24, 2.45) is 0 Å². The van der Waals surface area contributed by atoms with E-state index in [-0.39, 0.29) is 25.2 Å². The summed E-state index contributed by atoms with van der Waals surface area (Å²) in [5.74, 6) is -1.53. The summed E-state index contributed by atoms with van der Waals surface area (Å²) in [7, 11) is 2.25. The number of ketones is 1. The minimum absolute atomic E-state index is 0.0258. The molecule has 0 saturated carbocycles. The Morgan fingerprint density at radius 2 is 1.85 bits per heavy atom. The van der Waals surface area contributed by atoms with E-state index in [1.807, 2.05) is 0 Å². The normalized spacial score (nSPS) is 9.31. The number of rotatable bonds is 6. The summed E-state index contributed by atoms with van der Waals surface area (Å²) in [6.45, 7) is -0.0258. The molecule has 0 radical (unpaired) electrons. The molecular formula is C7H12NO4P. The summed E-state index contributed by atoms with van der Waals surface area (Å²) >= 11 is 0. The van der Waals surface area contributed by atoms with Gasteiger partial charge >= 0.3 is 5.97 Å². The van der Waals surface area contributed by atoms with E-state index in [4.69, 9.17) is 5.11 Å². The van der Waals surface area contributed by atoms with Crippen LogP contribution in [0.5, 0.6) is 0 Å². The minimum Gasteiger partial charge on any atom is -0.481 e. The van der Waals surface area contributed by atoms with Crippen molar-refractivity contribution in [2.75, 3.05) is 12.7 Å². The number of carbonyl (C=O) groups is 3. The Bertz CT molecular complexity index is 217. The lowest BCUT2D eigenvalue weighted by molar-refractivity contribution is -0.138. The molecule has 0 fully saturated rings. The van der Waals surface area contributed by atoms with Gasteiger partial charge in [0.05, 0.1) is 13.0 Å². The monoisotopic (exact) mass is 205 g/mol. The Labute approximate surface area is 78.1 Å². The van der Waals surface area contributed by atoms with Crippen molar-refractivity contribution in [3.05, 3.63) is 0 Å². The van der Waals surface area contributed by atoms with Crippen LogP contribution in [-0.2, 0) is 14.4 Å². The number of nitrogens with one attached hydrogen (secondary N) is 1. The molecule has 1 atom stereocenters. The molecule has 6 heteroatoms. The zero-order chi connectivity index (χ0) is 10.3. The van der Waals surface area contributed by atoms with Crippen molar-refractivity contribution in [2.45, 2.75) is 12.8 Å². The van der Waals surface area contributed by atoms with Crippen molar-refractivity contribution >= 4 is 26.9 Å². The molecule has 0 aromatic heterocycles. The summed E-state index contributed by atoms with van der Waals surface area (Å²) in [4.78, 5) is 31.6. The zero-order valence-electron chi connectivity index (χ0n) is 7.08. The van der Waals surface area contributed by atoms with Crippen LogP contribution >= 0.6 is 9.24 Å². The molecule has 13 heavy (non-hydrogen) atoms. The second-order valence-electron chi connectivity index (χ2n) is 2.41. The molecule has 1 unspecified atom stereocenters. The molecule has 0 aromatic rings. The maximum Gasteiger partial charge on any atom is 0.303 e. The fourth-order valence-corrected chi connectivity index (χ4v) is 0.723.